The van der Waals surface area contributed by atoms with Crippen LogP contribution in [-0.2, 0) is 0 Å². The van der Waals surface area contributed by atoms with Crippen molar-refractivity contribution in [1.29, 1.82) is 5.26 Å². The first kappa shape index (κ1) is 18.3. The first-order chi connectivity index (χ1) is 9.54. The van der Waals surface area contributed by atoms with E-state index in [2.05, 4.69) is 54.2 Å². The second kappa shape index (κ2) is 6.55. The Hall–Kier alpha value is -0.770. The van der Waals surface area contributed by atoms with Gasteiger partial charge in [0.1, 0.15) is 0 Å². The Bertz CT molecular complexity index is 378. The van der Waals surface area contributed by atoms with Crippen LogP contribution < -0.4 is 0 Å². The van der Waals surface area contributed by atoms with Gasteiger partial charge in [0, 0.05) is 0 Å². The molecule has 0 aromatic carbocycles. The molecule has 0 aromatic rings. The summed E-state index contributed by atoms with van der Waals surface area (Å²) in [5.74, 6) is 1.22. The van der Waals surface area contributed by atoms with Gasteiger partial charge in [-0.05, 0) is 61.2 Å². The number of nitrogens with zero attached hydrogens (tertiary/aromatic N) is 1. The summed E-state index contributed by atoms with van der Waals surface area (Å²) in [6.45, 7) is 17.8. The molecule has 0 spiro atoms. The van der Waals surface area contributed by atoms with Gasteiger partial charge in [0.15, 0.2) is 0 Å². The van der Waals surface area contributed by atoms with Crippen molar-refractivity contribution in [3.05, 3.63) is 12.7 Å². The third kappa shape index (κ3) is 4.87. The first-order valence-electron chi connectivity index (χ1n) is 8.56. The number of rotatable bonds is 4. The van der Waals surface area contributed by atoms with Gasteiger partial charge in [-0.25, -0.2) is 0 Å². The van der Waals surface area contributed by atoms with Gasteiger partial charge in [0.05, 0.1) is 11.5 Å². The number of hydrogen-bond donors (Lipinski definition) is 0. The fourth-order valence-electron chi connectivity index (χ4n) is 4.05. The van der Waals surface area contributed by atoms with E-state index in [1.54, 1.807) is 0 Å². The van der Waals surface area contributed by atoms with E-state index in [9.17, 15) is 5.26 Å². The molecule has 1 nitrogen and oxygen atoms in total. The highest BCUT2D eigenvalue weighted by Gasteiger charge is 2.44. The lowest BCUT2D eigenvalue weighted by molar-refractivity contribution is 0.0637. The van der Waals surface area contributed by atoms with Crippen LogP contribution >= 0.6 is 0 Å². The van der Waals surface area contributed by atoms with E-state index in [1.165, 1.54) is 12.8 Å². The summed E-state index contributed by atoms with van der Waals surface area (Å²) in [7, 11) is 0. The van der Waals surface area contributed by atoms with E-state index in [-0.39, 0.29) is 10.8 Å². The van der Waals surface area contributed by atoms with E-state index in [0.717, 1.165) is 31.6 Å². The molecule has 0 N–H and O–H groups in total. The highest BCUT2D eigenvalue weighted by atomic mass is 14.5. The Morgan fingerprint density at radius 3 is 2.05 bits per heavy atom. The largest absolute Gasteiger partial charge is 0.198 e. The fraction of sp³-hybridized carbons (Fsp3) is 0.850. The standard InChI is InChI=1S/C20H35N/c1-8-9-17(14-18(2,3)4)20(15-21)12-10-16(11-13-20)19(5,6)7/h8,16-17H,1,9-14H2,2-7H3. The molecule has 0 aliphatic heterocycles. The molecule has 0 saturated heterocycles. The van der Waals surface area contributed by atoms with E-state index in [1.807, 2.05) is 6.08 Å². The van der Waals surface area contributed by atoms with Gasteiger partial charge in [-0.15, -0.1) is 6.58 Å². The molecule has 0 amide bonds. The van der Waals surface area contributed by atoms with Gasteiger partial charge >= 0.3 is 0 Å². The molecular weight excluding hydrogens is 254 g/mol. The molecule has 0 heterocycles. The van der Waals surface area contributed by atoms with Gasteiger partial charge in [0.2, 0.25) is 0 Å². The van der Waals surface area contributed by atoms with Crippen LogP contribution in [0.3, 0.4) is 0 Å². The van der Waals surface area contributed by atoms with Crippen LogP contribution in [0, 0.1) is 39.4 Å². The van der Waals surface area contributed by atoms with E-state index >= 15 is 0 Å². The second-order valence-corrected chi connectivity index (χ2v) is 9.39. The Kier molecular flexibility index (Phi) is 5.70. The zero-order valence-corrected chi connectivity index (χ0v) is 15.1. The van der Waals surface area contributed by atoms with Gasteiger partial charge in [-0.3, -0.25) is 0 Å². The maximum atomic E-state index is 9.94. The molecule has 1 aliphatic rings. The van der Waals surface area contributed by atoms with Crippen LogP contribution in [0.1, 0.15) is 80.1 Å². The van der Waals surface area contributed by atoms with Crippen LogP contribution in [0.25, 0.3) is 0 Å². The minimum atomic E-state index is -0.122. The second-order valence-electron chi connectivity index (χ2n) is 9.39. The summed E-state index contributed by atoms with van der Waals surface area (Å²) in [6, 6.07) is 2.75. The Labute approximate surface area is 132 Å². The van der Waals surface area contributed by atoms with Crippen molar-refractivity contribution < 1.29 is 0 Å². The summed E-state index contributed by atoms with van der Waals surface area (Å²) >= 11 is 0. The van der Waals surface area contributed by atoms with Crippen LogP contribution in [0.2, 0.25) is 0 Å². The van der Waals surface area contributed by atoms with Gasteiger partial charge < -0.3 is 0 Å². The third-order valence-corrected chi connectivity index (χ3v) is 5.42. The Morgan fingerprint density at radius 1 is 1.19 bits per heavy atom. The van der Waals surface area contributed by atoms with Crippen molar-refractivity contribution in [2.24, 2.45) is 28.1 Å². The van der Waals surface area contributed by atoms with Crippen LogP contribution in [0.5, 0.6) is 0 Å². The summed E-state index contributed by atoms with van der Waals surface area (Å²) < 4.78 is 0. The zero-order valence-electron chi connectivity index (χ0n) is 15.1. The fourth-order valence-corrected chi connectivity index (χ4v) is 4.05. The molecule has 1 heteroatoms. The van der Waals surface area contributed by atoms with E-state index in [4.69, 9.17) is 0 Å². The van der Waals surface area contributed by atoms with Crippen molar-refractivity contribution in [3.63, 3.8) is 0 Å². The molecule has 0 radical (unpaired) electrons. The molecule has 1 rings (SSSR count). The maximum Gasteiger partial charge on any atom is 0.0692 e. The molecule has 1 atom stereocenters. The average molecular weight is 290 g/mol. The summed E-state index contributed by atoms with van der Waals surface area (Å²) in [5, 5.41) is 9.94. The predicted octanol–water partition coefficient (Wildman–Crippen LogP) is 6.36. The SMILES string of the molecule is C=CCC(CC(C)(C)C)C1(C#N)CCC(C(C)(C)C)CC1. The van der Waals surface area contributed by atoms with E-state index in [0.29, 0.717) is 11.3 Å². The molecule has 120 valence electrons. The molecule has 21 heavy (non-hydrogen) atoms. The third-order valence-electron chi connectivity index (χ3n) is 5.42. The minimum absolute atomic E-state index is 0.122. The van der Waals surface area contributed by atoms with Crippen molar-refractivity contribution in [2.45, 2.75) is 80.1 Å². The maximum absolute atomic E-state index is 9.94. The van der Waals surface area contributed by atoms with Crippen molar-refractivity contribution in [1.82, 2.24) is 0 Å². The summed E-state index contributed by atoms with van der Waals surface area (Å²) in [5.41, 5.74) is 0.529. The van der Waals surface area contributed by atoms with Crippen LogP contribution in [0.4, 0.5) is 0 Å². The monoisotopic (exact) mass is 289 g/mol. The van der Waals surface area contributed by atoms with Gasteiger partial charge in [-0.2, -0.15) is 5.26 Å². The van der Waals surface area contributed by atoms with Gasteiger partial charge in [0.25, 0.3) is 0 Å². The van der Waals surface area contributed by atoms with Crippen LogP contribution in [-0.4, -0.2) is 0 Å². The quantitative estimate of drug-likeness (QED) is 0.552. The van der Waals surface area contributed by atoms with Crippen LogP contribution in [0.15, 0.2) is 12.7 Å². The highest BCUT2D eigenvalue weighted by Crippen LogP contribution is 2.51. The predicted molar refractivity (Wildman–Crippen MR) is 91.8 cm³/mol. The van der Waals surface area contributed by atoms with E-state index < -0.39 is 0 Å². The summed E-state index contributed by atoms with van der Waals surface area (Å²) in [6.07, 6.45) is 8.66. The number of allylic oxidation sites excluding steroid dienone is 1. The normalized spacial score (nSPS) is 28.7. The zero-order chi connectivity index (χ0) is 16.3. The Morgan fingerprint density at radius 2 is 1.71 bits per heavy atom. The molecule has 1 saturated carbocycles. The number of hydrogen-bond acceptors (Lipinski definition) is 1. The molecule has 1 unspecified atom stereocenters. The van der Waals surface area contributed by atoms with Crippen molar-refractivity contribution in [2.75, 3.05) is 0 Å². The molecular formula is C20H35N. The minimum Gasteiger partial charge on any atom is -0.198 e. The van der Waals surface area contributed by atoms with Gasteiger partial charge in [-0.1, -0.05) is 47.6 Å². The number of nitriles is 1. The summed E-state index contributed by atoms with van der Waals surface area (Å²) in [4.78, 5) is 0. The topological polar surface area (TPSA) is 23.8 Å². The average Bonchev–Trinajstić information content (AvgIpc) is 2.35. The van der Waals surface area contributed by atoms with Crippen molar-refractivity contribution in [3.8, 4) is 6.07 Å². The molecule has 1 aliphatic carbocycles. The highest BCUT2D eigenvalue weighted by molar-refractivity contribution is 5.07. The van der Waals surface area contributed by atoms with Crippen molar-refractivity contribution >= 4 is 0 Å². The lowest BCUT2D eigenvalue weighted by atomic mass is 9.58. The first-order valence-corrected chi connectivity index (χ1v) is 8.56. The molecule has 0 aromatic heterocycles. The lowest BCUT2D eigenvalue weighted by Crippen LogP contribution is -2.38. The lowest BCUT2D eigenvalue weighted by Gasteiger charge is -2.45. The molecule has 0 bridgehead atoms. The smallest absolute Gasteiger partial charge is 0.0692 e. The Balaban J connectivity index is 2.89. The molecule has 1 fully saturated rings.